The Morgan fingerprint density at radius 1 is 1.38 bits per heavy atom. The molecule has 1 aliphatic rings. The zero-order valence-corrected chi connectivity index (χ0v) is 9.40. The maximum Gasteiger partial charge on any atom is 0.127 e. The predicted octanol–water partition coefficient (Wildman–Crippen LogP) is 2.03. The van der Waals surface area contributed by atoms with Gasteiger partial charge in [0.15, 0.2) is 0 Å². The van der Waals surface area contributed by atoms with Crippen molar-refractivity contribution in [2.75, 3.05) is 19.7 Å². The largest absolute Gasteiger partial charge is 0.396 e. The molecule has 1 heterocycles. The molecule has 0 spiro atoms. The summed E-state index contributed by atoms with van der Waals surface area (Å²) in [5, 5.41) is 9.13. The first-order valence-corrected chi connectivity index (χ1v) is 5.86. The maximum atomic E-state index is 13.4. The standard InChI is InChI=1S/C13H18FNO/c14-13-6-2-1-5-12(13)9-15-7-3-4-11(8-15)10-16/h1-2,5-6,11,16H,3-4,7-10H2/t11-/m1/s1. The first kappa shape index (κ1) is 11.6. The molecule has 1 aromatic carbocycles. The van der Waals surface area contributed by atoms with E-state index in [1.54, 1.807) is 6.07 Å². The number of hydrogen-bond acceptors (Lipinski definition) is 2. The Bertz CT molecular complexity index is 342. The number of aliphatic hydroxyl groups is 1. The summed E-state index contributed by atoms with van der Waals surface area (Å²) in [7, 11) is 0. The lowest BCUT2D eigenvalue weighted by Gasteiger charge is -2.31. The summed E-state index contributed by atoms with van der Waals surface area (Å²) in [4.78, 5) is 2.22. The van der Waals surface area contributed by atoms with Crippen LogP contribution < -0.4 is 0 Å². The van der Waals surface area contributed by atoms with Crippen LogP contribution in [0.5, 0.6) is 0 Å². The van der Waals surface area contributed by atoms with Gasteiger partial charge in [-0.05, 0) is 31.4 Å². The number of halogens is 1. The number of piperidine rings is 1. The normalized spacial score (nSPS) is 22.2. The number of benzene rings is 1. The van der Waals surface area contributed by atoms with E-state index in [4.69, 9.17) is 5.11 Å². The molecular formula is C13H18FNO. The molecule has 0 radical (unpaired) electrons. The Morgan fingerprint density at radius 2 is 2.19 bits per heavy atom. The fraction of sp³-hybridized carbons (Fsp3) is 0.538. The molecule has 1 N–H and O–H groups in total. The van der Waals surface area contributed by atoms with Crippen molar-refractivity contribution in [1.82, 2.24) is 4.90 Å². The minimum Gasteiger partial charge on any atom is -0.396 e. The van der Waals surface area contributed by atoms with Crippen molar-refractivity contribution in [2.45, 2.75) is 19.4 Å². The summed E-state index contributed by atoms with van der Waals surface area (Å²) < 4.78 is 13.4. The van der Waals surface area contributed by atoms with Crippen LogP contribution in [0.3, 0.4) is 0 Å². The van der Waals surface area contributed by atoms with Crippen LogP contribution in [-0.2, 0) is 6.54 Å². The van der Waals surface area contributed by atoms with Crippen molar-refractivity contribution in [3.63, 3.8) is 0 Å². The van der Waals surface area contributed by atoms with Crippen molar-refractivity contribution in [3.05, 3.63) is 35.6 Å². The van der Waals surface area contributed by atoms with Gasteiger partial charge in [-0.2, -0.15) is 0 Å². The minimum atomic E-state index is -0.131. The smallest absolute Gasteiger partial charge is 0.127 e. The second-order valence-corrected chi connectivity index (χ2v) is 4.52. The average molecular weight is 223 g/mol. The van der Waals surface area contributed by atoms with E-state index in [9.17, 15) is 4.39 Å². The molecule has 0 bridgehead atoms. The third-order valence-corrected chi connectivity index (χ3v) is 3.21. The van der Waals surface area contributed by atoms with Gasteiger partial charge in [0, 0.05) is 25.3 Å². The minimum absolute atomic E-state index is 0.131. The van der Waals surface area contributed by atoms with Crippen molar-refractivity contribution in [3.8, 4) is 0 Å². The Labute approximate surface area is 95.7 Å². The number of rotatable bonds is 3. The molecule has 3 heteroatoms. The van der Waals surface area contributed by atoms with E-state index in [0.29, 0.717) is 12.5 Å². The molecule has 2 rings (SSSR count). The predicted molar refractivity (Wildman–Crippen MR) is 61.5 cm³/mol. The van der Waals surface area contributed by atoms with Gasteiger partial charge in [0.1, 0.15) is 5.82 Å². The van der Waals surface area contributed by atoms with E-state index in [0.717, 1.165) is 31.5 Å². The molecule has 1 fully saturated rings. The molecule has 1 aromatic rings. The molecule has 1 saturated heterocycles. The lowest BCUT2D eigenvalue weighted by atomic mass is 9.98. The van der Waals surface area contributed by atoms with Gasteiger partial charge in [-0.25, -0.2) is 4.39 Å². The van der Waals surface area contributed by atoms with E-state index < -0.39 is 0 Å². The Balaban J connectivity index is 1.97. The van der Waals surface area contributed by atoms with Gasteiger partial charge in [0.05, 0.1) is 0 Å². The highest BCUT2D eigenvalue weighted by Gasteiger charge is 2.19. The summed E-state index contributed by atoms with van der Waals surface area (Å²) in [5.74, 6) is 0.231. The van der Waals surface area contributed by atoms with Crippen molar-refractivity contribution in [1.29, 1.82) is 0 Å². The Morgan fingerprint density at radius 3 is 2.94 bits per heavy atom. The number of aliphatic hydroxyl groups excluding tert-OH is 1. The molecule has 0 aliphatic carbocycles. The average Bonchev–Trinajstić information content (AvgIpc) is 2.32. The van der Waals surface area contributed by atoms with E-state index in [1.807, 2.05) is 12.1 Å². The van der Waals surface area contributed by atoms with Crippen LogP contribution in [-0.4, -0.2) is 29.7 Å². The molecular weight excluding hydrogens is 205 g/mol. The van der Waals surface area contributed by atoms with Crippen LogP contribution in [0.15, 0.2) is 24.3 Å². The summed E-state index contributed by atoms with van der Waals surface area (Å²) in [6.07, 6.45) is 2.18. The van der Waals surface area contributed by atoms with Crippen LogP contribution in [0.25, 0.3) is 0 Å². The number of nitrogens with zero attached hydrogens (tertiary/aromatic N) is 1. The van der Waals surface area contributed by atoms with Crippen LogP contribution in [0.4, 0.5) is 4.39 Å². The molecule has 1 aliphatic heterocycles. The van der Waals surface area contributed by atoms with Crippen molar-refractivity contribution in [2.24, 2.45) is 5.92 Å². The SMILES string of the molecule is OC[C@@H]1CCCN(Cc2ccccc2F)C1. The van der Waals surface area contributed by atoms with Crippen molar-refractivity contribution >= 4 is 0 Å². The third kappa shape index (κ3) is 2.80. The molecule has 0 aromatic heterocycles. The van der Waals surface area contributed by atoms with Crippen molar-refractivity contribution < 1.29 is 9.50 Å². The van der Waals surface area contributed by atoms with E-state index in [2.05, 4.69) is 4.90 Å². The summed E-state index contributed by atoms with van der Waals surface area (Å²) in [6.45, 7) is 2.78. The van der Waals surface area contributed by atoms with Gasteiger partial charge < -0.3 is 5.11 Å². The first-order chi connectivity index (χ1) is 7.79. The van der Waals surface area contributed by atoms with E-state index >= 15 is 0 Å². The summed E-state index contributed by atoms with van der Waals surface area (Å²) in [5.41, 5.74) is 0.751. The van der Waals surface area contributed by atoms with Gasteiger partial charge in [-0.15, -0.1) is 0 Å². The number of likely N-dealkylation sites (tertiary alicyclic amines) is 1. The lowest BCUT2D eigenvalue weighted by Crippen LogP contribution is -2.36. The second-order valence-electron chi connectivity index (χ2n) is 4.52. The topological polar surface area (TPSA) is 23.5 Å². The quantitative estimate of drug-likeness (QED) is 0.847. The maximum absolute atomic E-state index is 13.4. The van der Waals surface area contributed by atoms with Gasteiger partial charge in [0.2, 0.25) is 0 Å². The zero-order chi connectivity index (χ0) is 11.4. The molecule has 16 heavy (non-hydrogen) atoms. The van der Waals surface area contributed by atoms with Gasteiger partial charge in [-0.1, -0.05) is 18.2 Å². The second kappa shape index (κ2) is 5.41. The number of hydrogen-bond donors (Lipinski definition) is 1. The Kier molecular flexibility index (Phi) is 3.91. The van der Waals surface area contributed by atoms with Crippen LogP contribution in [0, 0.1) is 11.7 Å². The van der Waals surface area contributed by atoms with Gasteiger partial charge in [0.25, 0.3) is 0 Å². The fourth-order valence-electron chi connectivity index (χ4n) is 2.31. The van der Waals surface area contributed by atoms with Crippen LogP contribution >= 0.6 is 0 Å². The highest BCUT2D eigenvalue weighted by atomic mass is 19.1. The highest BCUT2D eigenvalue weighted by molar-refractivity contribution is 5.17. The molecule has 0 saturated carbocycles. The molecule has 2 nitrogen and oxygen atoms in total. The van der Waals surface area contributed by atoms with Gasteiger partial charge in [-0.3, -0.25) is 4.90 Å². The fourth-order valence-corrected chi connectivity index (χ4v) is 2.31. The van der Waals surface area contributed by atoms with Crippen LogP contribution in [0.1, 0.15) is 18.4 Å². The molecule has 0 unspecified atom stereocenters. The van der Waals surface area contributed by atoms with Gasteiger partial charge >= 0.3 is 0 Å². The van der Waals surface area contributed by atoms with Crippen LogP contribution in [0.2, 0.25) is 0 Å². The third-order valence-electron chi connectivity index (χ3n) is 3.21. The molecule has 1 atom stereocenters. The summed E-state index contributed by atoms with van der Waals surface area (Å²) >= 11 is 0. The first-order valence-electron chi connectivity index (χ1n) is 5.86. The highest BCUT2D eigenvalue weighted by Crippen LogP contribution is 2.18. The molecule has 88 valence electrons. The Hall–Kier alpha value is -0.930. The molecule has 0 amide bonds. The lowest BCUT2D eigenvalue weighted by molar-refractivity contribution is 0.115. The zero-order valence-electron chi connectivity index (χ0n) is 9.40. The summed E-state index contributed by atoms with van der Waals surface area (Å²) in [6, 6.07) is 6.91. The monoisotopic (exact) mass is 223 g/mol. The van der Waals surface area contributed by atoms with E-state index in [1.165, 1.54) is 6.07 Å². The van der Waals surface area contributed by atoms with E-state index in [-0.39, 0.29) is 12.4 Å².